The van der Waals surface area contributed by atoms with Crippen LogP contribution in [0.3, 0.4) is 0 Å². The zero-order valence-electron chi connectivity index (χ0n) is 13.9. The summed E-state index contributed by atoms with van der Waals surface area (Å²) in [6.45, 7) is 3.01. The molecule has 1 aromatic carbocycles. The van der Waals surface area contributed by atoms with Crippen molar-refractivity contribution in [3.05, 3.63) is 46.3 Å². The van der Waals surface area contributed by atoms with Gasteiger partial charge in [-0.15, -0.1) is 11.3 Å². The number of amides is 3. The maximum atomic E-state index is 12.6. The van der Waals surface area contributed by atoms with E-state index in [0.717, 1.165) is 29.1 Å². The van der Waals surface area contributed by atoms with E-state index in [1.165, 1.54) is 11.3 Å². The van der Waals surface area contributed by atoms with Gasteiger partial charge in [0.25, 0.3) is 0 Å². The highest BCUT2D eigenvalue weighted by Gasteiger charge is 2.28. The zero-order chi connectivity index (χ0) is 17.8. The number of benzene rings is 1. The third-order valence-electron chi connectivity index (χ3n) is 4.29. The third kappa shape index (κ3) is 4.52. The number of rotatable bonds is 3. The number of hydrogen-bond acceptors (Lipinski definition) is 3. The van der Waals surface area contributed by atoms with Crippen molar-refractivity contribution in [1.29, 1.82) is 0 Å². The molecule has 1 aromatic heterocycles. The minimum Gasteiger partial charge on any atom is -0.325 e. The summed E-state index contributed by atoms with van der Waals surface area (Å²) in [6, 6.07) is 9.01. The number of aryl methyl sites for hydroxylation is 1. The molecule has 1 aliphatic rings. The van der Waals surface area contributed by atoms with Gasteiger partial charge in [0.2, 0.25) is 5.91 Å². The zero-order valence-corrected chi connectivity index (χ0v) is 15.5. The van der Waals surface area contributed by atoms with Gasteiger partial charge in [0.1, 0.15) is 0 Å². The number of piperidine rings is 1. The highest BCUT2D eigenvalue weighted by molar-refractivity contribution is 7.14. The minimum absolute atomic E-state index is 0.0704. The molecule has 132 valence electrons. The second kappa shape index (κ2) is 7.89. The molecule has 0 spiro atoms. The summed E-state index contributed by atoms with van der Waals surface area (Å²) < 4.78 is 0. The Kier molecular flexibility index (Phi) is 5.60. The van der Waals surface area contributed by atoms with Crippen LogP contribution in [0.2, 0.25) is 5.02 Å². The molecule has 0 saturated carbocycles. The Bertz CT molecular complexity index is 764. The maximum absolute atomic E-state index is 12.6. The lowest BCUT2D eigenvalue weighted by atomic mass is 9.97. The number of urea groups is 1. The number of halogens is 1. The fourth-order valence-electron chi connectivity index (χ4n) is 2.87. The molecule has 3 amide bonds. The molecule has 3 rings (SSSR count). The Labute approximate surface area is 156 Å². The lowest BCUT2D eigenvalue weighted by Gasteiger charge is -2.32. The van der Waals surface area contributed by atoms with E-state index in [4.69, 9.17) is 11.6 Å². The molecule has 2 N–H and O–H groups in total. The van der Waals surface area contributed by atoms with Crippen LogP contribution in [0.4, 0.5) is 15.5 Å². The van der Waals surface area contributed by atoms with Crippen molar-refractivity contribution in [2.45, 2.75) is 19.8 Å². The SMILES string of the molecule is Cc1ccc(Cl)cc1NC(=O)C1CCCN(C(=O)Nc2cccs2)C1. The second-order valence-electron chi connectivity index (χ2n) is 6.14. The number of thiophene rings is 1. The normalized spacial score (nSPS) is 17.2. The Balaban J connectivity index is 1.61. The van der Waals surface area contributed by atoms with Gasteiger partial charge in [-0.25, -0.2) is 4.79 Å². The summed E-state index contributed by atoms with van der Waals surface area (Å²) in [5.41, 5.74) is 1.68. The average Bonchev–Trinajstić information content (AvgIpc) is 3.11. The number of likely N-dealkylation sites (tertiary alicyclic amines) is 1. The van der Waals surface area contributed by atoms with Crippen molar-refractivity contribution < 1.29 is 9.59 Å². The van der Waals surface area contributed by atoms with Crippen LogP contribution in [0.1, 0.15) is 18.4 Å². The van der Waals surface area contributed by atoms with Crippen LogP contribution in [0, 0.1) is 12.8 Å². The Hall–Kier alpha value is -2.05. The molecule has 0 aliphatic carbocycles. The van der Waals surface area contributed by atoms with Gasteiger partial charge in [0, 0.05) is 23.8 Å². The van der Waals surface area contributed by atoms with E-state index >= 15 is 0 Å². The minimum atomic E-state index is -0.221. The van der Waals surface area contributed by atoms with Crippen molar-refractivity contribution in [3.63, 3.8) is 0 Å². The molecule has 2 aromatic rings. The lowest BCUT2D eigenvalue weighted by Crippen LogP contribution is -2.45. The molecule has 2 heterocycles. The van der Waals surface area contributed by atoms with Gasteiger partial charge in [-0.2, -0.15) is 0 Å². The Morgan fingerprint density at radius 2 is 2.12 bits per heavy atom. The topological polar surface area (TPSA) is 61.4 Å². The lowest BCUT2D eigenvalue weighted by molar-refractivity contribution is -0.121. The maximum Gasteiger partial charge on any atom is 0.322 e. The van der Waals surface area contributed by atoms with Crippen molar-refractivity contribution in [2.24, 2.45) is 5.92 Å². The first-order chi connectivity index (χ1) is 12.0. The van der Waals surface area contributed by atoms with Crippen LogP contribution in [0.25, 0.3) is 0 Å². The monoisotopic (exact) mass is 377 g/mol. The number of nitrogens with zero attached hydrogens (tertiary/aromatic N) is 1. The molecule has 25 heavy (non-hydrogen) atoms. The van der Waals surface area contributed by atoms with Crippen molar-refractivity contribution in [1.82, 2.24) is 4.90 Å². The Morgan fingerprint density at radius 3 is 2.88 bits per heavy atom. The van der Waals surface area contributed by atoms with Crippen LogP contribution >= 0.6 is 22.9 Å². The number of carbonyl (C=O) groups excluding carboxylic acids is 2. The van der Waals surface area contributed by atoms with E-state index in [2.05, 4.69) is 10.6 Å². The highest BCUT2D eigenvalue weighted by Crippen LogP contribution is 2.24. The summed E-state index contributed by atoms with van der Waals surface area (Å²) in [5.74, 6) is -0.291. The standard InChI is InChI=1S/C18H20ClN3O2S/c1-12-6-7-14(19)10-15(12)20-17(23)13-4-2-8-22(11-13)18(24)21-16-5-3-9-25-16/h3,5-7,9-10,13H,2,4,8,11H2,1H3,(H,20,23)(H,21,24). The van der Waals surface area contributed by atoms with Gasteiger partial charge in [-0.05, 0) is 55.0 Å². The van der Waals surface area contributed by atoms with Crippen LogP contribution in [0.5, 0.6) is 0 Å². The molecule has 5 nitrogen and oxygen atoms in total. The van der Waals surface area contributed by atoms with E-state index in [9.17, 15) is 9.59 Å². The molecule has 1 unspecified atom stereocenters. The fraction of sp³-hybridized carbons (Fsp3) is 0.333. The van der Waals surface area contributed by atoms with Gasteiger partial charge in [0.05, 0.1) is 10.9 Å². The van der Waals surface area contributed by atoms with Crippen LogP contribution < -0.4 is 10.6 Å². The molecule has 0 radical (unpaired) electrons. The number of carbonyl (C=O) groups is 2. The summed E-state index contributed by atoms with van der Waals surface area (Å²) in [4.78, 5) is 26.7. The molecule has 0 bridgehead atoms. The van der Waals surface area contributed by atoms with Crippen molar-refractivity contribution >= 4 is 45.6 Å². The number of nitrogens with one attached hydrogen (secondary N) is 2. The van der Waals surface area contributed by atoms with Crippen LogP contribution in [0.15, 0.2) is 35.7 Å². The first kappa shape index (κ1) is 17.8. The van der Waals surface area contributed by atoms with E-state index in [0.29, 0.717) is 18.1 Å². The fourth-order valence-corrected chi connectivity index (χ4v) is 3.65. The first-order valence-corrected chi connectivity index (χ1v) is 9.45. The van der Waals surface area contributed by atoms with E-state index in [-0.39, 0.29) is 17.9 Å². The molecule has 1 aliphatic heterocycles. The number of hydrogen-bond donors (Lipinski definition) is 2. The number of anilines is 2. The summed E-state index contributed by atoms with van der Waals surface area (Å²) in [6.07, 6.45) is 1.58. The molecule has 1 saturated heterocycles. The van der Waals surface area contributed by atoms with Gasteiger partial charge in [0.15, 0.2) is 0 Å². The molecule has 7 heteroatoms. The van der Waals surface area contributed by atoms with Crippen LogP contribution in [-0.4, -0.2) is 29.9 Å². The predicted octanol–water partition coefficient (Wildman–Crippen LogP) is 4.59. The average molecular weight is 378 g/mol. The third-order valence-corrected chi connectivity index (χ3v) is 5.31. The smallest absolute Gasteiger partial charge is 0.322 e. The van der Waals surface area contributed by atoms with E-state index in [1.54, 1.807) is 17.0 Å². The summed E-state index contributed by atoms with van der Waals surface area (Å²) in [5, 5.41) is 9.13. The van der Waals surface area contributed by atoms with Gasteiger partial charge < -0.3 is 10.2 Å². The van der Waals surface area contributed by atoms with E-state index < -0.39 is 0 Å². The summed E-state index contributed by atoms with van der Waals surface area (Å²) in [7, 11) is 0. The predicted molar refractivity (Wildman–Crippen MR) is 102 cm³/mol. The molecular weight excluding hydrogens is 358 g/mol. The molecule has 1 atom stereocenters. The molecular formula is C18H20ClN3O2S. The van der Waals surface area contributed by atoms with Crippen molar-refractivity contribution in [2.75, 3.05) is 23.7 Å². The quantitative estimate of drug-likeness (QED) is 0.821. The Morgan fingerprint density at radius 1 is 1.28 bits per heavy atom. The largest absolute Gasteiger partial charge is 0.325 e. The van der Waals surface area contributed by atoms with Crippen LogP contribution in [-0.2, 0) is 4.79 Å². The molecule has 1 fully saturated rings. The van der Waals surface area contributed by atoms with E-state index in [1.807, 2.05) is 30.5 Å². The van der Waals surface area contributed by atoms with Crippen molar-refractivity contribution in [3.8, 4) is 0 Å². The van der Waals surface area contributed by atoms with Gasteiger partial charge >= 0.3 is 6.03 Å². The second-order valence-corrected chi connectivity index (χ2v) is 7.53. The van der Waals surface area contributed by atoms with Gasteiger partial charge in [-0.3, -0.25) is 10.1 Å². The highest BCUT2D eigenvalue weighted by atomic mass is 35.5. The van der Waals surface area contributed by atoms with Gasteiger partial charge in [-0.1, -0.05) is 17.7 Å². The first-order valence-electron chi connectivity index (χ1n) is 8.19. The summed E-state index contributed by atoms with van der Waals surface area (Å²) >= 11 is 7.48.